The van der Waals surface area contributed by atoms with Crippen LogP contribution in [0.3, 0.4) is 0 Å². The highest BCUT2D eigenvalue weighted by atomic mass is 35.5. The van der Waals surface area contributed by atoms with Crippen molar-refractivity contribution in [3.63, 3.8) is 0 Å². The van der Waals surface area contributed by atoms with Gasteiger partial charge in [-0.3, -0.25) is 4.79 Å². The average Bonchev–Trinajstić information content (AvgIpc) is 3.13. The first kappa shape index (κ1) is 23.7. The zero-order valence-electron chi connectivity index (χ0n) is 17.1. The molecule has 33 heavy (non-hydrogen) atoms. The monoisotopic (exact) mass is 518 g/mol. The van der Waals surface area contributed by atoms with Gasteiger partial charge in [-0.05, 0) is 25.1 Å². The number of aryl methyl sites for hydroxylation is 1. The summed E-state index contributed by atoms with van der Waals surface area (Å²) in [5.41, 5.74) is -0.00807. The third kappa shape index (κ3) is 4.62. The maximum Gasteiger partial charge on any atom is 0.417 e. The van der Waals surface area contributed by atoms with E-state index in [0.717, 1.165) is 12.3 Å². The predicted octanol–water partition coefficient (Wildman–Crippen LogP) is 5.99. The van der Waals surface area contributed by atoms with Crippen molar-refractivity contribution in [3.05, 3.63) is 62.4 Å². The molecule has 1 saturated heterocycles. The molecule has 1 aliphatic heterocycles. The van der Waals surface area contributed by atoms with E-state index in [1.807, 2.05) is 0 Å². The zero-order chi connectivity index (χ0) is 23.9. The molecule has 1 fully saturated rings. The minimum absolute atomic E-state index is 0.102. The molecule has 0 saturated carbocycles. The standard InChI is InChI=1S/C21H16Cl3F3N4O2/c1-11-16(18(29-33-11)17-13(22)3-2-4-14(17)23)20(32)31-7-5-30(6-8-31)19-15(24)9-12(10-28-19)21(25,26)27/h2-4,9-10H,5-8H2,1H3. The molecule has 0 bridgehead atoms. The number of amides is 1. The van der Waals surface area contributed by atoms with Gasteiger partial charge in [-0.15, -0.1) is 0 Å². The number of aromatic nitrogens is 2. The van der Waals surface area contributed by atoms with E-state index in [1.165, 1.54) is 0 Å². The summed E-state index contributed by atoms with van der Waals surface area (Å²) in [6.07, 6.45) is -3.78. The highest BCUT2D eigenvalue weighted by Crippen LogP contribution is 2.38. The van der Waals surface area contributed by atoms with Gasteiger partial charge in [0.1, 0.15) is 22.8 Å². The van der Waals surface area contributed by atoms with Crippen molar-refractivity contribution < 1.29 is 22.5 Å². The van der Waals surface area contributed by atoms with Crippen LogP contribution in [0.5, 0.6) is 0 Å². The van der Waals surface area contributed by atoms with Crippen LogP contribution in [0.15, 0.2) is 35.0 Å². The summed E-state index contributed by atoms with van der Waals surface area (Å²) in [5, 5.41) is 4.57. The number of carbonyl (C=O) groups is 1. The molecule has 4 rings (SSSR count). The first-order chi connectivity index (χ1) is 15.6. The lowest BCUT2D eigenvalue weighted by molar-refractivity contribution is -0.137. The van der Waals surface area contributed by atoms with Gasteiger partial charge in [-0.1, -0.05) is 46.0 Å². The molecule has 1 aliphatic rings. The first-order valence-corrected chi connectivity index (χ1v) is 10.9. The number of hydrogen-bond donors (Lipinski definition) is 0. The molecule has 174 valence electrons. The summed E-state index contributed by atoms with van der Waals surface area (Å²) >= 11 is 18.6. The number of carbonyl (C=O) groups excluding carboxylic acids is 1. The van der Waals surface area contributed by atoms with Crippen LogP contribution in [0, 0.1) is 6.92 Å². The molecule has 6 nitrogen and oxygen atoms in total. The summed E-state index contributed by atoms with van der Waals surface area (Å²) in [5.74, 6) is 0.244. The van der Waals surface area contributed by atoms with E-state index in [2.05, 4.69) is 10.1 Å². The van der Waals surface area contributed by atoms with Gasteiger partial charge in [0.25, 0.3) is 5.91 Å². The van der Waals surface area contributed by atoms with Crippen LogP contribution >= 0.6 is 34.8 Å². The van der Waals surface area contributed by atoms with Gasteiger partial charge in [0.2, 0.25) is 0 Å². The fourth-order valence-corrected chi connectivity index (χ4v) is 4.48. The largest absolute Gasteiger partial charge is 0.417 e. The maximum atomic E-state index is 13.3. The zero-order valence-corrected chi connectivity index (χ0v) is 19.4. The first-order valence-electron chi connectivity index (χ1n) is 9.75. The topological polar surface area (TPSA) is 62.5 Å². The Hall–Kier alpha value is -2.49. The van der Waals surface area contributed by atoms with Gasteiger partial charge in [0.05, 0.1) is 20.6 Å². The lowest BCUT2D eigenvalue weighted by atomic mass is 10.0. The van der Waals surface area contributed by atoms with Gasteiger partial charge < -0.3 is 14.3 Å². The van der Waals surface area contributed by atoms with Crippen molar-refractivity contribution in [2.45, 2.75) is 13.1 Å². The van der Waals surface area contributed by atoms with Gasteiger partial charge >= 0.3 is 6.18 Å². The Morgan fingerprint density at radius 1 is 1.06 bits per heavy atom. The van der Waals surface area contributed by atoms with Crippen molar-refractivity contribution in [1.29, 1.82) is 0 Å². The van der Waals surface area contributed by atoms with E-state index in [-0.39, 0.29) is 41.1 Å². The number of benzene rings is 1. The van der Waals surface area contributed by atoms with E-state index in [9.17, 15) is 18.0 Å². The van der Waals surface area contributed by atoms with Crippen molar-refractivity contribution in [3.8, 4) is 11.3 Å². The lowest BCUT2D eigenvalue weighted by Crippen LogP contribution is -2.49. The number of nitrogens with zero attached hydrogens (tertiary/aromatic N) is 4. The Morgan fingerprint density at radius 3 is 2.27 bits per heavy atom. The number of hydrogen-bond acceptors (Lipinski definition) is 5. The van der Waals surface area contributed by atoms with Crippen molar-refractivity contribution >= 4 is 46.5 Å². The number of pyridine rings is 1. The highest BCUT2D eigenvalue weighted by Gasteiger charge is 2.33. The molecule has 0 radical (unpaired) electrons. The third-order valence-corrected chi connectivity index (χ3v) is 6.20. The highest BCUT2D eigenvalue weighted by molar-refractivity contribution is 6.39. The number of halogens is 6. The summed E-state index contributed by atoms with van der Waals surface area (Å²) in [6, 6.07) is 5.81. The summed E-state index contributed by atoms with van der Waals surface area (Å²) in [4.78, 5) is 20.5. The van der Waals surface area contributed by atoms with Gasteiger partial charge in [0.15, 0.2) is 0 Å². The number of anilines is 1. The summed E-state index contributed by atoms with van der Waals surface area (Å²) in [7, 11) is 0. The molecular weight excluding hydrogens is 504 g/mol. The Labute approximate surface area is 201 Å². The van der Waals surface area contributed by atoms with E-state index in [1.54, 1.807) is 34.9 Å². The Bertz CT molecular complexity index is 1190. The molecule has 3 aromatic rings. The van der Waals surface area contributed by atoms with Gasteiger partial charge in [-0.2, -0.15) is 13.2 Å². The number of rotatable bonds is 3. The Kier molecular flexibility index (Phi) is 6.48. The minimum Gasteiger partial charge on any atom is -0.360 e. The molecule has 0 atom stereocenters. The van der Waals surface area contributed by atoms with Crippen LogP contribution in [0.2, 0.25) is 15.1 Å². The van der Waals surface area contributed by atoms with Crippen molar-refractivity contribution in [2.24, 2.45) is 0 Å². The van der Waals surface area contributed by atoms with E-state index >= 15 is 0 Å². The Morgan fingerprint density at radius 2 is 1.70 bits per heavy atom. The van der Waals surface area contributed by atoms with Crippen LogP contribution < -0.4 is 4.90 Å². The Balaban J connectivity index is 1.53. The summed E-state index contributed by atoms with van der Waals surface area (Å²) < 4.78 is 43.9. The second-order valence-corrected chi connectivity index (χ2v) is 8.59. The molecule has 0 aliphatic carbocycles. The fraction of sp³-hybridized carbons (Fsp3) is 0.286. The second-order valence-electron chi connectivity index (χ2n) is 7.37. The van der Waals surface area contributed by atoms with E-state index in [0.29, 0.717) is 34.5 Å². The van der Waals surface area contributed by atoms with Crippen LogP contribution in [-0.2, 0) is 6.18 Å². The average molecular weight is 520 g/mol. The molecule has 1 aromatic carbocycles. The number of piperazine rings is 1. The molecule has 1 amide bonds. The van der Waals surface area contributed by atoms with Crippen molar-refractivity contribution in [1.82, 2.24) is 15.0 Å². The quantitative estimate of drug-likeness (QED) is 0.426. The minimum atomic E-state index is -4.53. The predicted molar refractivity (Wildman–Crippen MR) is 119 cm³/mol. The number of alkyl halides is 3. The van der Waals surface area contributed by atoms with E-state index in [4.69, 9.17) is 39.3 Å². The molecule has 2 aromatic heterocycles. The van der Waals surface area contributed by atoms with Crippen LogP contribution in [-0.4, -0.2) is 47.1 Å². The van der Waals surface area contributed by atoms with Crippen molar-refractivity contribution in [2.75, 3.05) is 31.1 Å². The van der Waals surface area contributed by atoms with Crippen LogP contribution in [0.1, 0.15) is 21.7 Å². The fourth-order valence-electron chi connectivity index (χ4n) is 3.62. The molecule has 0 unspecified atom stereocenters. The van der Waals surface area contributed by atoms with E-state index < -0.39 is 11.7 Å². The molecule has 0 N–H and O–H groups in total. The third-order valence-electron chi connectivity index (χ3n) is 5.29. The second kappa shape index (κ2) is 9.04. The van der Waals surface area contributed by atoms with Crippen LogP contribution in [0.4, 0.5) is 19.0 Å². The molecule has 12 heteroatoms. The smallest absolute Gasteiger partial charge is 0.360 e. The molecule has 3 heterocycles. The van der Waals surface area contributed by atoms with Crippen LogP contribution in [0.25, 0.3) is 11.3 Å². The summed E-state index contributed by atoms with van der Waals surface area (Å²) in [6.45, 7) is 2.86. The maximum absolute atomic E-state index is 13.3. The molecular formula is C21H16Cl3F3N4O2. The lowest BCUT2D eigenvalue weighted by Gasteiger charge is -2.35. The van der Waals surface area contributed by atoms with Gasteiger partial charge in [-0.25, -0.2) is 4.98 Å². The molecule has 0 spiro atoms. The SMILES string of the molecule is Cc1onc(-c2c(Cl)cccc2Cl)c1C(=O)N1CCN(c2ncc(C(F)(F)F)cc2Cl)CC1. The van der Waals surface area contributed by atoms with Gasteiger partial charge in [0, 0.05) is 37.9 Å². The normalized spacial score (nSPS) is 14.6.